The van der Waals surface area contributed by atoms with Gasteiger partial charge in [0.05, 0.1) is 12.5 Å². The average Bonchev–Trinajstić information content (AvgIpc) is 2.44. The standard InChI is InChI=1S/C15H20N2O4/c1-17(11-4-6-12(21-2)7-5-11)14(20)16-10-15(13(18)19)8-3-9-15/h4-7H,3,8-10H2,1-2H3,(H,16,20)(H,18,19). The van der Waals surface area contributed by atoms with E-state index >= 15 is 0 Å². The number of hydrogen-bond acceptors (Lipinski definition) is 3. The fraction of sp³-hybridized carbons (Fsp3) is 0.467. The van der Waals surface area contributed by atoms with Gasteiger partial charge in [0.2, 0.25) is 0 Å². The van der Waals surface area contributed by atoms with E-state index in [0.717, 1.165) is 6.42 Å². The minimum atomic E-state index is -0.832. The molecule has 0 atom stereocenters. The number of anilines is 1. The van der Waals surface area contributed by atoms with Crippen molar-refractivity contribution in [2.24, 2.45) is 5.41 Å². The third-order valence-electron chi connectivity index (χ3n) is 4.11. The fourth-order valence-electron chi connectivity index (χ4n) is 2.36. The van der Waals surface area contributed by atoms with E-state index in [4.69, 9.17) is 4.74 Å². The van der Waals surface area contributed by atoms with Crippen LogP contribution in [0.25, 0.3) is 0 Å². The number of carboxylic acid groups (broad SMARTS) is 1. The molecule has 2 amide bonds. The third-order valence-corrected chi connectivity index (χ3v) is 4.11. The molecule has 0 radical (unpaired) electrons. The van der Waals surface area contributed by atoms with Gasteiger partial charge >= 0.3 is 12.0 Å². The summed E-state index contributed by atoms with van der Waals surface area (Å²) in [5.41, 5.74) is -0.0672. The normalized spacial score (nSPS) is 15.7. The average molecular weight is 292 g/mol. The zero-order chi connectivity index (χ0) is 15.5. The number of carbonyl (C=O) groups excluding carboxylic acids is 1. The maximum atomic E-state index is 12.1. The largest absolute Gasteiger partial charge is 0.497 e. The molecule has 0 unspecified atom stereocenters. The quantitative estimate of drug-likeness (QED) is 0.871. The molecule has 0 heterocycles. The van der Waals surface area contributed by atoms with Crippen LogP contribution in [0, 0.1) is 5.41 Å². The van der Waals surface area contributed by atoms with E-state index in [1.165, 1.54) is 4.90 Å². The van der Waals surface area contributed by atoms with Gasteiger partial charge in [0, 0.05) is 19.3 Å². The first-order valence-electron chi connectivity index (χ1n) is 6.87. The number of nitrogens with one attached hydrogen (secondary N) is 1. The smallest absolute Gasteiger partial charge is 0.321 e. The summed E-state index contributed by atoms with van der Waals surface area (Å²) in [6.07, 6.45) is 2.14. The van der Waals surface area contributed by atoms with E-state index in [-0.39, 0.29) is 12.6 Å². The van der Waals surface area contributed by atoms with Gasteiger partial charge in [-0.1, -0.05) is 6.42 Å². The van der Waals surface area contributed by atoms with Crippen molar-refractivity contribution < 1.29 is 19.4 Å². The van der Waals surface area contributed by atoms with Crippen LogP contribution < -0.4 is 15.0 Å². The van der Waals surface area contributed by atoms with Crippen molar-refractivity contribution in [1.29, 1.82) is 0 Å². The molecule has 0 aliphatic heterocycles. The third kappa shape index (κ3) is 3.09. The number of aliphatic carboxylic acids is 1. The minimum Gasteiger partial charge on any atom is -0.497 e. The summed E-state index contributed by atoms with van der Waals surface area (Å²) in [7, 11) is 3.22. The maximum absolute atomic E-state index is 12.1. The number of benzene rings is 1. The number of carbonyl (C=O) groups is 2. The highest BCUT2D eigenvalue weighted by atomic mass is 16.5. The molecule has 6 nitrogen and oxygen atoms in total. The van der Waals surface area contributed by atoms with E-state index < -0.39 is 11.4 Å². The zero-order valence-corrected chi connectivity index (χ0v) is 12.3. The number of hydrogen-bond donors (Lipinski definition) is 2. The lowest BCUT2D eigenvalue weighted by molar-refractivity contribution is -0.153. The SMILES string of the molecule is COc1ccc(N(C)C(=O)NCC2(C(=O)O)CCC2)cc1. The second-order valence-electron chi connectivity index (χ2n) is 5.35. The van der Waals surface area contributed by atoms with Crippen LogP contribution >= 0.6 is 0 Å². The van der Waals surface area contributed by atoms with Gasteiger partial charge in [-0.05, 0) is 37.1 Å². The molecule has 114 valence electrons. The number of methoxy groups -OCH3 is 1. The van der Waals surface area contributed by atoms with Gasteiger partial charge in [-0.15, -0.1) is 0 Å². The molecular weight excluding hydrogens is 272 g/mol. The summed E-state index contributed by atoms with van der Waals surface area (Å²) in [5.74, 6) is -0.118. The van der Waals surface area contributed by atoms with Crippen molar-refractivity contribution in [3.63, 3.8) is 0 Å². The van der Waals surface area contributed by atoms with Crippen molar-refractivity contribution in [2.45, 2.75) is 19.3 Å². The minimum absolute atomic E-state index is 0.168. The Labute approximate surface area is 123 Å². The Morgan fingerprint density at radius 3 is 2.38 bits per heavy atom. The Hall–Kier alpha value is -2.24. The summed E-state index contributed by atoms with van der Waals surface area (Å²) >= 11 is 0. The Kier molecular flexibility index (Phi) is 4.35. The summed E-state index contributed by atoms with van der Waals surface area (Å²) in [4.78, 5) is 24.8. The van der Waals surface area contributed by atoms with Crippen LogP contribution in [0.2, 0.25) is 0 Å². The van der Waals surface area contributed by atoms with Crippen LogP contribution in [0.1, 0.15) is 19.3 Å². The summed E-state index contributed by atoms with van der Waals surface area (Å²) in [6.45, 7) is 0.168. The number of nitrogens with zero attached hydrogens (tertiary/aromatic N) is 1. The molecule has 1 aromatic rings. The van der Waals surface area contributed by atoms with Gasteiger partial charge in [0.25, 0.3) is 0 Å². The fourth-order valence-corrected chi connectivity index (χ4v) is 2.36. The monoisotopic (exact) mass is 292 g/mol. The van der Waals surface area contributed by atoms with E-state index in [1.54, 1.807) is 38.4 Å². The zero-order valence-electron chi connectivity index (χ0n) is 12.3. The van der Waals surface area contributed by atoms with Crippen molar-refractivity contribution in [3.05, 3.63) is 24.3 Å². The Bertz CT molecular complexity index is 523. The van der Waals surface area contributed by atoms with Crippen molar-refractivity contribution in [3.8, 4) is 5.75 Å². The van der Waals surface area contributed by atoms with E-state index in [9.17, 15) is 14.7 Å². The molecule has 0 bridgehead atoms. The Morgan fingerprint density at radius 2 is 1.95 bits per heavy atom. The molecule has 6 heteroatoms. The van der Waals surface area contributed by atoms with Crippen LogP contribution in [-0.4, -0.2) is 37.8 Å². The van der Waals surface area contributed by atoms with E-state index in [2.05, 4.69) is 5.32 Å². The van der Waals surface area contributed by atoms with Gasteiger partial charge in [0.1, 0.15) is 5.75 Å². The van der Waals surface area contributed by atoms with Crippen molar-refractivity contribution >= 4 is 17.7 Å². The lowest BCUT2D eigenvalue weighted by Crippen LogP contribution is -2.50. The lowest BCUT2D eigenvalue weighted by Gasteiger charge is -2.37. The molecule has 2 rings (SSSR count). The van der Waals surface area contributed by atoms with Gasteiger partial charge in [-0.2, -0.15) is 0 Å². The molecule has 0 aromatic heterocycles. The predicted molar refractivity (Wildman–Crippen MR) is 78.7 cm³/mol. The van der Waals surface area contributed by atoms with Gasteiger partial charge < -0.3 is 15.2 Å². The van der Waals surface area contributed by atoms with E-state index in [1.807, 2.05) is 0 Å². The molecule has 1 saturated carbocycles. The highest BCUT2D eigenvalue weighted by Gasteiger charge is 2.44. The molecule has 2 N–H and O–H groups in total. The summed E-state index contributed by atoms with van der Waals surface area (Å²) < 4.78 is 5.07. The van der Waals surface area contributed by atoms with Crippen LogP contribution in [0.4, 0.5) is 10.5 Å². The molecular formula is C15H20N2O4. The second-order valence-corrected chi connectivity index (χ2v) is 5.35. The molecule has 1 aliphatic rings. The molecule has 1 fully saturated rings. The van der Waals surface area contributed by atoms with Crippen LogP contribution in [0.15, 0.2) is 24.3 Å². The van der Waals surface area contributed by atoms with Crippen molar-refractivity contribution in [2.75, 3.05) is 25.6 Å². The first-order chi connectivity index (χ1) is 9.98. The Morgan fingerprint density at radius 1 is 1.33 bits per heavy atom. The topological polar surface area (TPSA) is 78.9 Å². The first-order valence-corrected chi connectivity index (χ1v) is 6.87. The second kappa shape index (κ2) is 6.03. The highest BCUT2D eigenvalue weighted by Crippen LogP contribution is 2.40. The highest BCUT2D eigenvalue weighted by molar-refractivity contribution is 5.91. The van der Waals surface area contributed by atoms with E-state index in [0.29, 0.717) is 24.3 Å². The first kappa shape index (κ1) is 15.2. The van der Waals surface area contributed by atoms with Gasteiger partial charge in [-0.25, -0.2) is 4.79 Å². The molecule has 21 heavy (non-hydrogen) atoms. The van der Waals surface area contributed by atoms with Crippen LogP contribution in [0.5, 0.6) is 5.75 Å². The van der Waals surface area contributed by atoms with Crippen molar-refractivity contribution in [1.82, 2.24) is 5.32 Å². The number of ether oxygens (including phenoxy) is 1. The Balaban J connectivity index is 1.94. The maximum Gasteiger partial charge on any atom is 0.321 e. The van der Waals surface area contributed by atoms with Gasteiger partial charge in [0.15, 0.2) is 0 Å². The number of rotatable bonds is 5. The van der Waals surface area contributed by atoms with Crippen LogP contribution in [-0.2, 0) is 4.79 Å². The molecule has 1 aromatic carbocycles. The number of amides is 2. The molecule has 1 aliphatic carbocycles. The van der Waals surface area contributed by atoms with Crippen LogP contribution in [0.3, 0.4) is 0 Å². The molecule has 0 spiro atoms. The lowest BCUT2D eigenvalue weighted by atomic mass is 9.69. The summed E-state index contributed by atoms with van der Waals surface area (Å²) in [5, 5.41) is 11.9. The predicted octanol–water partition coefficient (Wildman–Crippen LogP) is 2.10. The summed E-state index contributed by atoms with van der Waals surface area (Å²) in [6, 6.07) is 6.77. The molecule has 0 saturated heterocycles. The van der Waals surface area contributed by atoms with Gasteiger partial charge in [-0.3, -0.25) is 9.69 Å². The number of carboxylic acids is 1. The number of urea groups is 1.